The van der Waals surface area contributed by atoms with E-state index in [2.05, 4.69) is 4.52 Å². The van der Waals surface area contributed by atoms with Gasteiger partial charge in [0.15, 0.2) is 11.9 Å². The first kappa shape index (κ1) is 24.9. The largest absolute Gasteiger partial charge is 0.485 e. The first-order chi connectivity index (χ1) is 16.2. The van der Waals surface area contributed by atoms with Crippen molar-refractivity contribution >= 4 is 13.8 Å². The minimum Gasteiger partial charge on any atom is -0.485 e. The highest BCUT2D eigenvalue weighted by molar-refractivity contribution is 7.46. The number of cyclic esters (lactones) is 1. The van der Waals surface area contributed by atoms with Gasteiger partial charge in [-0.2, -0.15) is 10.5 Å². The number of rotatable bonds is 10. The Morgan fingerprint density at radius 3 is 2.06 bits per heavy atom. The van der Waals surface area contributed by atoms with Gasteiger partial charge in [-0.05, 0) is 35.4 Å². The SMILES string of the molecule is N#Cc1cccc(COC2=C(OCc3cccc(C#N)c3)C(C(CO)OP(=O)(O)O)OC2=O)c1. The first-order valence-electron chi connectivity index (χ1n) is 9.77. The number of nitrogens with zero attached hydrogens (tertiary/aromatic N) is 2. The Morgan fingerprint density at radius 2 is 1.56 bits per heavy atom. The van der Waals surface area contributed by atoms with Crippen molar-refractivity contribution in [1.29, 1.82) is 10.5 Å². The number of esters is 1. The number of phosphoric acid groups is 1. The highest BCUT2D eigenvalue weighted by Crippen LogP contribution is 2.41. The van der Waals surface area contributed by atoms with E-state index in [9.17, 15) is 14.5 Å². The van der Waals surface area contributed by atoms with Crippen LogP contribution in [0.4, 0.5) is 0 Å². The number of carbonyl (C=O) groups is 1. The fourth-order valence-electron chi connectivity index (χ4n) is 3.11. The van der Waals surface area contributed by atoms with E-state index in [1.807, 2.05) is 12.1 Å². The second kappa shape index (κ2) is 10.9. The molecule has 11 nitrogen and oxygen atoms in total. The zero-order valence-electron chi connectivity index (χ0n) is 17.5. The number of carbonyl (C=O) groups excluding carboxylic acids is 1. The van der Waals surface area contributed by atoms with E-state index in [4.69, 9.17) is 34.5 Å². The van der Waals surface area contributed by atoms with Crippen molar-refractivity contribution in [1.82, 2.24) is 0 Å². The molecule has 0 saturated heterocycles. The number of aliphatic hydroxyl groups is 1. The fourth-order valence-corrected chi connectivity index (χ4v) is 3.64. The molecule has 1 aliphatic rings. The molecular weight excluding hydrogens is 467 g/mol. The van der Waals surface area contributed by atoms with Crippen LogP contribution in [0.3, 0.4) is 0 Å². The van der Waals surface area contributed by atoms with Crippen LogP contribution in [0.15, 0.2) is 60.0 Å². The standard InChI is InChI=1S/C22H19N2O9P/c23-9-14-3-1-5-16(7-14)12-30-20-19(18(11-25)33-34(27,28)29)32-22(26)21(20)31-13-17-6-2-4-15(8-17)10-24/h1-8,18-19,25H,11-13H2,(H2,27,28,29). The number of hydrogen-bond donors (Lipinski definition) is 3. The summed E-state index contributed by atoms with van der Waals surface area (Å²) in [5.41, 5.74) is 1.87. The third-order valence-electron chi connectivity index (χ3n) is 4.58. The maximum absolute atomic E-state index is 12.5. The van der Waals surface area contributed by atoms with Crippen molar-refractivity contribution in [2.45, 2.75) is 25.4 Å². The van der Waals surface area contributed by atoms with E-state index >= 15 is 0 Å². The van der Waals surface area contributed by atoms with Gasteiger partial charge in [0, 0.05) is 0 Å². The molecular formula is C22H19N2O9P. The summed E-state index contributed by atoms with van der Waals surface area (Å²) >= 11 is 0. The monoisotopic (exact) mass is 486 g/mol. The quantitative estimate of drug-likeness (QED) is 0.329. The second-order valence-electron chi connectivity index (χ2n) is 7.04. The number of phosphoric ester groups is 1. The zero-order valence-corrected chi connectivity index (χ0v) is 18.4. The maximum atomic E-state index is 12.5. The van der Waals surface area contributed by atoms with Crippen LogP contribution in [-0.2, 0) is 41.3 Å². The van der Waals surface area contributed by atoms with Crippen LogP contribution in [0.2, 0.25) is 0 Å². The van der Waals surface area contributed by atoms with Gasteiger partial charge in [-0.1, -0.05) is 24.3 Å². The van der Waals surface area contributed by atoms with E-state index in [0.717, 1.165) is 0 Å². The first-order valence-corrected chi connectivity index (χ1v) is 11.3. The Labute approximate surface area is 194 Å². The van der Waals surface area contributed by atoms with E-state index in [1.165, 1.54) is 0 Å². The minimum atomic E-state index is -5.05. The highest BCUT2D eigenvalue weighted by Gasteiger charge is 2.45. The molecule has 2 aromatic carbocycles. The van der Waals surface area contributed by atoms with Crippen molar-refractivity contribution in [3.8, 4) is 12.1 Å². The minimum absolute atomic E-state index is 0.146. The Bertz CT molecular complexity index is 1230. The van der Waals surface area contributed by atoms with Gasteiger partial charge in [0.1, 0.15) is 19.3 Å². The lowest BCUT2D eigenvalue weighted by Gasteiger charge is -2.23. The maximum Gasteiger partial charge on any atom is 0.470 e. The van der Waals surface area contributed by atoms with Crippen LogP contribution in [-0.4, -0.2) is 39.7 Å². The Kier molecular flexibility index (Phi) is 8.03. The van der Waals surface area contributed by atoms with Gasteiger partial charge >= 0.3 is 13.8 Å². The average Bonchev–Trinajstić information content (AvgIpc) is 3.14. The van der Waals surface area contributed by atoms with Crippen molar-refractivity contribution in [3.63, 3.8) is 0 Å². The van der Waals surface area contributed by atoms with Crippen molar-refractivity contribution in [3.05, 3.63) is 82.3 Å². The Hall–Kier alpha value is -3.70. The smallest absolute Gasteiger partial charge is 0.470 e. The molecule has 3 rings (SSSR count). The van der Waals surface area contributed by atoms with Gasteiger partial charge in [0.2, 0.25) is 5.76 Å². The molecule has 2 atom stereocenters. The lowest BCUT2D eigenvalue weighted by atomic mass is 10.1. The molecule has 2 aromatic rings. The molecule has 0 radical (unpaired) electrons. The molecule has 176 valence electrons. The molecule has 0 aromatic heterocycles. The van der Waals surface area contributed by atoms with Gasteiger partial charge < -0.3 is 29.1 Å². The van der Waals surface area contributed by atoms with Crippen molar-refractivity contribution in [2.75, 3.05) is 6.61 Å². The molecule has 0 fully saturated rings. The molecule has 0 spiro atoms. The Balaban J connectivity index is 1.90. The number of ether oxygens (including phenoxy) is 3. The summed E-state index contributed by atoms with van der Waals surface area (Å²) < 4.78 is 32.4. The molecule has 0 amide bonds. The molecule has 2 unspecified atom stereocenters. The number of aliphatic hydroxyl groups excluding tert-OH is 1. The van der Waals surface area contributed by atoms with Crippen LogP contribution >= 0.6 is 7.82 Å². The number of hydrogen-bond acceptors (Lipinski definition) is 9. The zero-order chi connectivity index (χ0) is 24.7. The summed E-state index contributed by atoms with van der Waals surface area (Å²) in [6.45, 7) is -1.20. The third-order valence-corrected chi connectivity index (χ3v) is 5.13. The molecule has 0 bridgehead atoms. The van der Waals surface area contributed by atoms with E-state index in [-0.39, 0.29) is 24.7 Å². The number of nitriles is 2. The summed E-state index contributed by atoms with van der Waals surface area (Å²) in [7, 11) is -5.05. The third kappa shape index (κ3) is 6.42. The van der Waals surface area contributed by atoms with Gasteiger partial charge in [0.05, 0.1) is 29.9 Å². The van der Waals surface area contributed by atoms with E-state index in [0.29, 0.717) is 22.3 Å². The predicted octanol–water partition coefficient (Wildman–Crippen LogP) is 1.77. The molecule has 12 heteroatoms. The molecule has 34 heavy (non-hydrogen) atoms. The normalized spacial score (nSPS) is 16.4. The summed E-state index contributed by atoms with van der Waals surface area (Å²) in [5.74, 6) is -1.61. The summed E-state index contributed by atoms with van der Waals surface area (Å²) in [6.07, 6.45) is -3.15. The molecule has 3 N–H and O–H groups in total. The lowest BCUT2D eigenvalue weighted by Crippen LogP contribution is -2.34. The molecule has 0 saturated carbocycles. The van der Waals surface area contributed by atoms with Crippen LogP contribution < -0.4 is 0 Å². The number of benzene rings is 2. The lowest BCUT2D eigenvalue weighted by molar-refractivity contribution is -0.148. The van der Waals surface area contributed by atoms with Crippen molar-refractivity contribution < 1.29 is 43.0 Å². The summed E-state index contributed by atoms with van der Waals surface area (Å²) in [4.78, 5) is 30.8. The predicted molar refractivity (Wildman–Crippen MR) is 113 cm³/mol. The van der Waals surface area contributed by atoms with Crippen LogP contribution in [0, 0.1) is 22.7 Å². The average molecular weight is 486 g/mol. The van der Waals surface area contributed by atoms with Gasteiger partial charge in [-0.3, -0.25) is 4.52 Å². The highest BCUT2D eigenvalue weighted by atomic mass is 31.2. The summed E-state index contributed by atoms with van der Waals surface area (Å²) in [6, 6.07) is 16.9. The van der Waals surface area contributed by atoms with Crippen LogP contribution in [0.25, 0.3) is 0 Å². The van der Waals surface area contributed by atoms with Crippen molar-refractivity contribution in [2.24, 2.45) is 0 Å². The van der Waals surface area contributed by atoms with E-state index < -0.39 is 32.6 Å². The fraction of sp³-hybridized carbons (Fsp3) is 0.227. The van der Waals surface area contributed by atoms with Crippen LogP contribution in [0.1, 0.15) is 22.3 Å². The van der Waals surface area contributed by atoms with Gasteiger partial charge in [0.25, 0.3) is 0 Å². The molecule has 1 aliphatic heterocycles. The molecule has 1 heterocycles. The van der Waals surface area contributed by atoms with E-state index in [1.54, 1.807) is 48.5 Å². The molecule has 0 aliphatic carbocycles. The summed E-state index contributed by atoms with van der Waals surface area (Å²) in [5, 5.41) is 27.7. The topological polar surface area (TPSA) is 179 Å². The van der Waals surface area contributed by atoms with Gasteiger partial charge in [-0.15, -0.1) is 0 Å². The Morgan fingerprint density at radius 1 is 1.00 bits per heavy atom. The van der Waals surface area contributed by atoms with Gasteiger partial charge in [-0.25, -0.2) is 9.36 Å². The second-order valence-corrected chi connectivity index (χ2v) is 8.23. The van der Waals surface area contributed by atoms with Crippen LogP contribution in [0.5, 0.6) is 0 Å².